The van der Waals surface area contributed by atoms with Gasteiger partial charge in [-0.1, -0.05) is 0 Å². The predicted octanol–water partition coefficient (Wildman–Crippen LogP) is 0.509. The number of hydrogen-bond donors (Lipinski definition) is 3. The van der Waals surface area contributed by atoms with Crippen molar-refractivity contribution in [2.75, 3.05) is 6.54 Å². The molecule has 2 atom stereocenters. The van der Waals surface area contributed by atoms with Crippen molar-refractivity contribution in [3.63, 3.8) is 0 Å². The van der Waals surface area contributed by atoms with Gasteiger partial charge in [0.1, 0.15) is 0 Å². The van der Waals surface area contributed by atoms with Gasteiger partial charge in [-0.25, -0.2) is 0 Å². The molecule has 16 heavy (non-hydrogen) atoms. The van der Waals surface area contributed by atoms with Gasteiger partial charge in [-0.3, -0.25) is 4.79 Å². The van der Waals surface area contributed by atoms with Gasteiger partial charge in [0.2, 0.25) is 5.91 Å². The third-order valence-corrected chi connectivity index (χ3v) is 3.20. The third kappa shape index (κ3) is 3.45. The average Bonchev–Trinajstić information content (AvgIpc) is 2.84. The van der Waals surface area contributed by atoms with E-state index in [2.05, 4.69) is 10.6 Å². The van der Waals surface area contributed by atoms with E-state index in [9.17, 15) is 9.90 Å². The van der Waals surface area contributed by atoms with E-state index in [4.69, 9.17) is 0 Å². The highest BCUT2D eigenvalue weighted by Crippen LogP contribution is 2.08. The van der Waals surface area contributed by atoms with Crippen LogP contribution in [0.3, 0.4) is 0 Å². The largest absolute Gasteiger partial charge is 0.392 e. The fourth-order valence-electron chi connectivity index (χ4n) is 1.62. The van der Waals surface area contributed by atoms with Gasteiger partial charge in [-0.05, 0) is 28.8 Å². The lowest BCUT2D eigenvalue weighted by molar-refractivity contribution is -0.123. The van der Waals surface area contributed by atoms with Gasteiger partial charge in [0.15, 0.2) is 0 Å². The van der Waals surface area contributed by atoms with Gasteiger partial charge in [0.25, 0.3) is 0 Å². The maximum absolute atomic E-state index is 11.6. The lowest BCUT2D eigenvalue weighted by Crippen LogP contribution is -2.39. The van der Waals surface area contributed by atoms with Crippen molar-refractivity contribution in [3.05, 3.63) is 22.4 Å². The van der Waals surface area contributed by atoms with Crippen molar-refractivity contribution in [1.29, 1.82) is 0 Å². The van der Waals surface area contributed by atoms with Gasteiger partial charge < -0.3 is 15.7 Å². The first-order valence-corrected chi connectivity index (χ1v) is 5.90. The molecule has 2 rings (SSSR count). The van der Waals surface area contributed by atoms with Crippen LogP contribution in [0.15, 0.2) is 16.8 Å². The lowest BCUT2D eigenvalue weighted by atomic mass is 10.2. The number of aliphatic hydroxyl groups excluding tert-OH is 1. The van der Waals surface area contributed by atoms with Crippen LogP contribution in [0.1, 0.15) is 12.0 Å². The molecule has 1 aromatic heterocycles. The highest BCUT2D eigenvalue weighted by atomic mass is 35.5. The summed E-state index contributed by atoms with van der Waals surface area (Å²) in [6.45, 7) is 1.08. The summed E-state index contributed by atoms with van der Waals surface area (Å²) < 4.78 is 0. The Bertz CT molecular complexity index is 332. The zero-order valence-electron chi connectivity index (χ0n) is 8.68. The summed E-state index contributed by atoms with van der Waals surface area (Å²) in [6, 6.07) is 1.75. The molecular formula is C10H15ClN2O2S. The molecule has 1 aromatic rings. The third-order valence-electron chi connectivity index (χ3n) is 2.47. The molecule has 1 aliphatic rings. The molecule has 0 spiro atoms. The fourth-order valence-corrected chi connectivity index (χ4v) is 2.29. The number of aliphatic hydroxyl groups is 1. The summed E-state index contributed by atoms with van der Waals surface area (Å²) in [5.74, 6) is -0.0299. The van der Waals surface area contributed by atoms with E-state index in [1.165, 1.54) is 0 Å². The Morgan fingerprint density at radius 1 is 1.69 bits per heavy atom. The van der Waals surface area contributed by atoms with Crippen LogP contribution >= 0.6 is 23.7 Å². The number of carbonyl (C=O) groups excluding carboxylic acids is 1. The van der Waals surface area contributed by atoms with E-state index in [1.807, 2.05) is 16.8 Å². The van der Waals surface area contributed by atoms with Crippen LogP contribution in [0.4, 0.5) is 0 Å². The summed E-state index contributed by atoms with van der Waals surface area (Å²) in [7, 11) is 0. The van der Waals surface area contributed by atoms with Gasteiger partial charge in [0, 0.05) is 13.1 Å². The molecule has 2 heterocycles. The smallest absolute Gasteiger partial charge is 0.237 e. The van der Waals surface area contributed by atoms with Gasteiger partial charge in [0.05, 0.1) is 12.1 Å². The van der Waals surface area contributed by atoms with E-state index in [1.54, 1.807) is 11.3 Å². The zero-order valence-corrected chi connectivity index (χ0v) is 10.3. The Kier molecular flexibility index (Phi) is 5.21. The molecular weight excluding hydrogens is 248 g/mol. The second-order valence-electron chi connectivity index (χ2n) is 3.70. The highest BCUT2D eigenvalue weighted by molar-refractivity contribution is 7.07. The second kappa shape index (κ2) is 6.20. The van der Waals surface area contributed by atoms with E-state index in [0.717, 1.165) is 5.56 Å². The summed E-state index contributed by atoms with van der Waals surface area (Å²) in [5, 5.41) is 19.1. The van der Waals surface area contributed by atoms with Crippen molar-refractivity contribution >= 4 is 29.7 Å². The molecule has 0 aliphatic carbocycles. The monoisotopic (exact) mass is 262 g/mol. The fraction of sp³-hybridized carbons (Fsp3) is 0.500. The van der Waals surface area contributed by atoms with E-state index in [0.29, 0.717) is 19.5 Å². The first kappa shape index (κ1) is 13.4. The van der Waals surface area contributed by atoms with Crippen LogP contribution in [0.2, 0.25) is 0 Å². The molecule has 0 saturated carbocycles. The summed E-state index contributed by atoms with van der Waals surface area (Å²) in [6.07, 6.45) is 0.122. The van der Waals surface area contributed by atoms with Crippen LogP contribution in [-0.4, -0.2) is 29.7 Å². The van der Waals surface area contributed by atoms with E-state index < -0.39 is 0 Å². The minimum absolute atomic E-state index is 0. The van der Waals surface area contributed by atoms with Gasteiger partial charge in [-0.15, -0.1) is 12.4 Å². The summed E-state index contributed by atoms with van der Waals surface area (Å²) in [4.78, 5) is 11.6. The molecule has 3 N–H and O–H groups in total. The number of halogens is 1. The first-order chi connectivity index (χ1) is 7.25. The molecule has 90 valence electrons. The molecule has 1 aliphatic heterocycles. The van der Waals surface area contributed by atoms with Crippen LogP contribution in [0.5, 0.6) is 0 Å². The van der Waals surface area contributed by atoms with E-state index in [-0.39, 0.29) is 30.5 Å². The highest BCUT2D eigenvalue weighted by Gasteiger charge is 2.27. The predicted molar refractivity (Wildman–Crippen MR) is 65.8 cm³/mol. The Hall–Kier alpha value is -0.620. The maximum Gasteiger partial charge on any atom is 0.237 e. The number of hydrogen-bond acceptors (Lipinski definition) is 4. The molecule has 0 aromatic carbocycles. The SMILES string of the molecule is Cl.O=C(NCc1ccsc1)C1CC(O)CN1. The molecule has 0 bridgehead atoms. The minimum Gasteiger partial charge on any atom is -0.392 e. The second-order valence-corrected chi connectivity index (χ2v) is 4.48. The van der Waals surface area contributed by atoms with Crippen molar-refractivity contribution in [2.24, 2.45) is 0 Å². The number of β-amino-alcohol motifs (C(OH)–C–C–N with tert-alkyl or cyclic N) is 1. The number of carbonyl (C=O) groups is 1. The molecule has 4 nitrogen and oxygen atoms in total. The van der Waals surface area contributed by atoms with Crippen LogP contribution in [0, 0.1) is 0 Å². The quantitative estimate of drug-likeness (QED) is 0.744. The minimum atomic E-state index is -0.387. The molecule has 2 unspecified atom stereocenters. The molecule has 1 amide bonds. The number of nitrogens with one attached hydrogen (secondary N) is 2. The van der Waals surface area contributed by atoms with Gasteiger partial charge >= 0.3 is 0 Å². The molecule has 1 saturated heterocycles. The molecule has 6 heteroatoms. The Morgan fingerprint density at radius 3 is 3.06 bits per heavy atom. The molecule has 1 fully saturated rings. The van der Waals surface area contributed by atoms with Crippen LogP contribution < -0.4 is 10.6 Å². The number of amides is 1. The number of thiophene rings is 1. The van der Waals surface area contributed by atoms with E-state index >= 15 is 0 Å². The van der Waals surface area contributed by atoms with Crippen LogP contribution in [0.25, 0.3) is 0 Å². The van der Waals surface area contributed by atoms with Crippen molar-refractivity contribution in [3.8, 4) is 0 Å². The normalized spacial score (nSPS) is 23.8. The van der Waals surface area contributed by atoms with Crippen molar-refractivity contribution in [2.45, 2.75) is 25.1 Å². The number of rotatable bonds is 3. The topological polar surface area (TPSA) is 61.4 Å². The van der Waals surface area contributed by atoms with Crippen molar-refractivity contribution < 1.29 is 9.90 Å². The lowest BCUT2D eigenvalue weighted by Gasteiger charge is -2.09. The zero-order chi connectivity index (χ0) is 10.7. The Labute approximate surface area is 104 Å². The molecule has 0 radical (unpaired) electrons. The average molecular weight is 263 g/mol. The standard InChI is InChI=1S/C10H14N2O2S.ClH/c13-8-3-9(11-5-8)10(14)12-4-7-1-2-15-6-7;/h1-2,6,8-9,11,13H,3-5H2,(H,12,14);1H. The first-order valence-electron chi connectivity index (χ1n) is 4.96. The van der Waals surface area contributed by atoms with Crippen molar-refractivity contribution in [1.82, 2.24) is 10.6 Å². The van der Waals surface area contributed by atoms with Gasteiger partial charge in [-0.2, -0.15) is 11.3 Å². The summed E-state index contributed by atoms with van der Waals surface area (Å²) >= 11 is 1.62. The van der Waals surface area contributed by atoms with Crippen LogP contribution in [-0.2, 0) is 11.3 Å². The Morgan fingerprint density at radius 2 is 2.50 bits per heavy atom. The Balaban J connectivity index is 0.00000128. The summed E-state index contributed by atoms with van der Waals surface area (Å²) in [5.41, 5.74) is 1.12. The maximum atomic E-state index is 11.6.